The molecule has 1 saturated carbocycles. The predicted molar refractivity (Wildman–Crippen MR) is 165 cm³/mol. The van der Waals surface area contributed by atoms with Crippen molar-refractivity contribution in [2.24, 2.45) is 16.1 Å². The van der Waals surface area contributed by atoms with Gasteiger partial charge in [-0.3, -0.25) is 9.79 Å². The Balaban J connectivity index is 0.00000170. The highest BCUT2D eigenvalue weighted by Gasteiger charge is 2.44. The largest absolute Gasteiger partial charge is 0.372 e. The number of alkyl halides is 2. The lowest BCUT2D eigenvalue weighted by Gasteiger charge is -2.35. The molecule has 2 fully saturated rings. The molecule has 39 heavy (non-hydrogen) atoms. The molecule has 0 radical (unpaired) electrons. The smallest absolute Gasteiger partial charge is 0.249 e. The molecule has 218 valence electrons. The summed E-state index contributed by atoms with van der Waals surface area (Å²) in [6, 6.07) is 6.42. The standard InChI is InChI=1S/C29H44F2N4S.CH3NO/c1-22(8-7-11-29(30,31)14-17-32-5)20-25(33-6)24-10-9-23(34-36-27(2,3)4)21-26(24)35-18-15-28(12-13-28)16-19-35;2-1-3/h8-10,20-21,32,34H,6-7,11-19H2,1-5H3;1H,(H2,2,3)/b22-8-,25-20-;. The zero-order chi connectivity index (χ0) is 29.1. The van der Waals surface area contributed by atoms with E-state index in [4.69, 9.17) is 4.79 Å². The summed E-state index contributed by atoms with van der Waals surface area (Å²) in [5, 5.41) is 2.80. The van der Waals surface area contributed by atoms with Crippen LogP contribution in [0.3, 0.4) is 0 Å². The van der Waals surface area contributed by atoms with Gasteiger partial charge in [0.25, 0.3) is 0 Å². The molecule has 1 amide bonds. The van der Waals surface area contributed by atoms with E-state index in [-0.39, 0.29) is 24.0 Å². The summed E-state index contributed by atoms with van der Waals surface area (Å²) in [7, 11) is 1.70. The van der Waals surface area contributed by atoms with Crippen LogP contribution >= 0.6 is 11.9 Å². The number of piperidine rings is 1. The van der Waals surface area contributed by atoms with Gasteiger partial charge in [0.05, 0.1) is 5.70 Å². The summed E-state index contributed by atoms with van der Waals surface area (Å²) in [4.78, 5) is 15.4. The zero-order valence-electron chi connectivity index (χ0n) is 24.3. The Morgan fingerprint density at radius 1 is 1.21 bits per heavy atom. The van der Waals surface area contributed by atoms with Crippen molar-refractivity contribution in [3.63, 3.8) is 0 Å². The number of benzene rings is 1. The maximum absolute atomic E-state index is 14.0. The van der Waals surface area contributed by atoms with Crippen molar-refractivity contribution < 1.29 is 13.6 Å². The van der Waals surface area contributed by atoms with Crippen LogP contribution in [0.25, 0.3) is 5.70 Å². The van der Waals surface area contributed by atoms with Gasteiger partial charge in [0.2, 0.25) is 12.3 Å². The summed E-state index contributed by atoms with van der Waals surface area (Å²) >= 11 is 1.71. The monoisotopic (exact) mass is 563 g/mol. The summed E-state index contributed by atoms with van der Waals surface area (Å²) in [5.41, 5.74) is 9.74. The lowest BCUT2D eigenvalue weighted by Crippen LogP contribution is -2.35. The number of amides is 1. The second-order valence-corrected chi connectivity index (χ2v) is 13.2. The molecule has 1 spiro atoms. The molecule has 1 aliphatic carbocycles. The Kier molecular flexibility index (Phi) is 12.5. The van der Waals surface area contributed by atoms with Gasteiger partial charge in [0.1, 0.15) is 0 Å². The number of nitrogens with one attached hydrogen (secondary N) is 2. The maximum Gasteiger partial charge on any atom is 0.249 e. The molecule has 4 N–H and O–H groups in total. The van der Waals surface area contributed by atoms with Crippen LogP contribution in [0.4, 0.5) is 20.2 Å². The number of nitrogens with two attached hydrogens (primary N) is 1. The van der Waals surface area contributed by atoms with Crippen LogP contribution < -0.4 is 20.7 Å². The van der Waals surface area contributed by atoms with E-state index < -0.39 is 5.92 Å². The fourth-order valence-corrected chi connectivity index (χ4v) is 5.16. The minimum absolute atomic E-state index is 0.0990. The third kappa shape index (κ3) is 11.3. The number of hydrogen-bond acceptors (Lipinski definition) is 6. The van der Waals surface area contributed by atoms with E-state index in [2.05, 4.69) is 71.4 Å². The van der Waals surface area contributed by atoms with Gasteiger partial charge in [0.15, 0.2) is 0 Å². The fourth-order valence-electron chi connectivity index (χ4n) is 4.61. The van der Waals surface area contributed by atoms with Gasteiger partial charge in [-0.15, -0.1) is 0 Å². The molecule has 1 heterocycles. The number of aliphatic imine (C=N–C) groups is 1. The number of allylic oxidation sites excluding steroid dienone is 3. The molecule has 0 unspecified atom stereocenters. The number of nitrogens with zero attached hydrogens (tertiary/aromatic N) is 2. The van der Waals surface area contributed by atoms with Crippen LogP contribution in [-0.2, 0) is 4.79 Å². The first-order valence-electron chi connectivity index (χ1n) is 13.7. The van der Waals surface area contributed by atoms with Gasteiger partial charge in [-0.2, -0.15) is 0 Å². The topological polar surface area (TPSA) is 82.8 Å². The third-order valence-electron chi connectivity index (χ3n) is 7.12. The number of anilines is 2. The van der Waals surface area contributed by atoms with Crippen molar-refractivity contribution in [2.45, 2.75) is 83.3 Å². The predicted octanol–water partition coefficient (Wildman–Crippen LogP) is 7.04. The van der Waals surface area contributed by atoms with Crippen molar-refractivity contribution in [1.29, 1.82) is 0 Å². The van der Waals surface area contributed by atoms with Gasteiger partial charge in [-0.25, -0.2) is 8.78 Å². The molecule has 1 aromatic carbocycles. The van der Waals surface area contributed by atoms with Crippen LogP contribution in [0.1, 0.15) is 78.2 Å². The lowest BCUT2D eigenvalue weighted by atomic mass is 9.92. The van der Waals surface area contributed by atoms with E-state index in [1.165, 1.54) is 25.7 Å². The highest BCUT2D eigenvalue weighted by atomic mass is 32.2. The first kappa shape index (κ1) is 32.8. The van der Waals surface area contributed by atoms with Crippen molar-refractivity contribution >= 4 is 42.1 Å². The molecule has 1 aliphatic heterocycles. The molecule has 9 heteroatoms. The normalized spacial score (nSPS) is 17.4. The average Bonchev–Trinajstić information content (AvgIpc) is 3.64. The van der Waals surface area contributed by atoms with E-state index in [9.17, 15) is 8.78 Å². The van der Waals surface area contributed by atoms with Crippen LogP contribution in [0, 0.1) is 5.41 Å². The molecule has 0 aromatic heterocycles. The molecular formula is C30H47F2N5OS. The molecule has 1 aromatic rings. The quantitative estimate of drug-likeness (QED) is 0.110. The number of halogens is 2. The summed E-state index contributed by atoms with van der Waals surface area (Å²) in [5.74, 6) is -2.66. The Morgan fingerprint density at radius 3 is 2.38 bits per heavy atom. The van der Waals surface area contributed by atoms with Crippen molar-refractivity contribution in [3.8, 4) is 0 Å². The van der Waals surface area contributed by atoms with Crippen LogP contribution in [-0.4, -0.2) is 50.5 Å². The van der Waals surface area contributed by atoms with Crippen LogP contribution in [0.2, 0.25) is 0 Å². The number of hydrogen-bond donors (Lipinski definition) is 3. The van der Waals surface area contributed by atoms with Crippen molar-refractivity contribution in [1.82, 2.24) is 5.32 Å². The first-order chi connectivity index (χ1) is 18.4. The average molecular weight is 564 g/mol. The number of primary amides is 1. The zero-order valence-corrected chi connectivity index (χ0v) is 25.1. The third-order valence-corrected chi connectivity index (χ3v) is 8.07. The van der Waals surface area contributed by atoms with E-state index in [1.54, 1.807) is 19.0 Å². The number of carbonyl (C=O) groups is 1. The maximum atomic E-state index is 14.0. The number of rotatable bonds is 12. The number of carbonyl (C=O) groups excluding carboxylic acids is 1. The Bertz CT molecular complexity index is 1010. The fraction of sp³-hybridized carbons (Fsp3) is 0.600. The van der Waals surface area contributed by atoms with E-state index in [1.807, 2.05) is 19.1 Å². The molecule has 0 atom stereocenters. The minimum atomic E-state index is -2.66. The van der Waals surface area contributed by atoms with Gasteiger partial charge in [-0.05, 0) is 115 Å². The van der Waals surface area contributed by atoms with Crippen LogP contribution in [0.15, 0.2) is 40.9 Å². The molecule has 6 nitrogen and oxygen atoms in total. The molecule has 0 bridgehead atoms. The van der Waals surface area contributed by atoms with E-state index in [0.29, 0.717) is 18.4 Å². The highest BCUT2D eigenvalue weighted by molar-refractivity contribution is 8.01. The molecule has 1 saturated heterocycles. The summed E-state index contributed by atoms with van der Waals surface area (Å²) in [6.07, 6.45) is 9.36. The minimum Gasteiger partial charge on any atom is -0.372 e. The second-order valence-electron chi connectivity index (χ2n) is 11.6. The molecular weight excluding hydrogens is 516 g/mol. The second kappa shape index (κ2) is 14.8. The molecule has 3 rings (SSSR count). The molecule has 2 aliphatic rings. The SMILES string of the molecule is C=N/C(=C\C(C)=C/CCC(F)(F)CCNC)c1ccc(NSC(C)(C)C)cc1N1CCC2(CC1)CC2.NC=O. The van der Waals surface area contributed by atoms with Gasteiger partial charge < -0.3 is 20.7 Å². The summed E-state index contributed by atoms with van der Waals surface area (Å²) in [6.45, 7) is 14.8. The van der Waals surface area contributed by atoms with E-state index in [0.717, 1.165) is 41.3 Å². The van der Waals surface area contributed by atoms with Crippen LogP contribution in [0.5, 0.6) is 0 Å². The van der Waals surface area contributed by atoms with Gasteiger partial charge >= 0.3 is 0 Å². The Morgan fingerprint density at radius 2 is 1.85 bits per heavy atom. The summed E-state index contributed by atoms with van der Waals surface area (Å²) < 4.78 is 31.7. The Labute approximate surface area is 238 Å². The van der Waals surface area contributed by atoms with Gasteiger partial charge in [-0.1, -0.05) is 11.6 Å². The first-order valence-corrected chi connectivity index (χ1v) is 14.6. The lowest BCUT2D eigenvalue weighted by molar-refractivity contribution is -0.106. The van der Waals surface area contributed by atoms with Gasteiger partial charge in [0, 0.05) is 54.2 Å². The van der Waals surface area contributed by atoms with E-state index >= 15 is 0 Å². The Hall–Kier alpha value is -2.39. The van der Waals surface area contributed by atoms with Crippen molar-refractivity contribution in [2.75, 3.05) is 36.3 Å². The highest BCUT2D eigenvalue weighted by Crippen LogP contribution is 2.54. The van der Waals surface area contributed by atoms with Crippen molar-refractivity contribution in [3.05, 3.63) is 41.5 Å².